The molecule has 0 saturated carbocycles. The molecule has 2 heterocycles. The normalized spacial score (nSPS) is 15.5. The van der Waals surface area contributed by atoms with Crippen LogP contribution in [-0.4, -0.2) is 26.8 Å². The van der Waals surface area contributed by atoms with Crippen molar-refractivity contribution in [1.29, 1.82) is 0 Å². The van der Waals surface area contributed by atoms with Gasteiger partial charge in [0.15, 0.2) is 6.10 Å². The van der Waals surface area contributed by atoms with Crippen LogP contribution in [0.2, 0.25) is 0 Å². The average Bonchev–Trinajstić information content (AvgIpc) is 3.25. The summed E-state index contributed by atoms with van der Waals surface area (Å²) in [5, 5.41) is 10.5. The molecule has 3 aromatic rings. The zero-order valence-corrected chi connectivity index (χ0v) is 14.1. The number of aryl methyl sites for hydroxylation is 2. The summed E-state index contributed by atoms with van der Waals surface area (Å²) in [6, 6.07) is 11.6. The zero-order valence-electron chi connectivity index (χ0n) is 14.1. The molecule has 4 rings (SSSR count). The van der Waals surface area contributed by atoms with Gasteiger partial charge in [-0.25, -0.2) is 0 Å². The Bertz CT molecular complexity index is 904. The summed E-state index contributed by atoms with van der Waals surface area (Å²) in [5.41, 5.74) is 5.06. The Balaban J connectivity index is 1.49. The van der Waals surface area contributed by atoms with Crippen LogP contribution >= 0.6 is 0 Å². The summed E-state index contributed by atoms with van der Waals surface area (Å²) in [6.07, 6.45) is 3.31. The van der Waals surface area contributed by atoms with Crippen LogP contribution in [0.1, 0.15) is 16.7 Å². The van der Waals surface area contributed by atoms with Crippen LogP contribution in [0.15, 0.2) is 49.1 Å². The van der Waals surface area contributed by atoms with Gasteiger partial charge >= 0.3 is 0 Å². The number of aromatic nitrogens is 3. The highest BCUT2D eigenvalue weighted by Gasteiger charge is 2.29. The molecule has 1 aliphatic heterocycles. The molecule has 1 unspecified atom stereocenters. The molecule has 0 bridgehead atoms. The van der Waals surface area contributed by atoms with Crippen LogP contribution in [0.3, 0.4) is 0 Å². The molecule has 2 aromatic carbocycles. The van der Waals surface area contributed by atoms with Crippen molar-refractivity contribution in [3.63, 3.8) is 0 Å². The van der Waals surface area contributed by atoms with Gasteiger partial charge in [0.1, 0.15) is 18.4 Å². The summed E-state index contributed by atoms with van der Waals surface area (Å²) in [6.45, 7) is 4.11. The van der Waals surface area contributed by atoms with Crippen LogP contribution < -0.4 is 10.1 Å². The van der Waals surface area contributed by atoms with Gasteiger partial charge in [0, 0.05) is 12.1 Å². The maximum Gasteiger partial charge on any atom is 0.265 e. The number of hydrogen-bond acceptors (Lipinski definition) is 4. The minimum absolute atomic E-state index is 0.146. The number of benzene rings is 2. The molecular formula is C19H18N4O2. The Morgan fingerprint density at radius 3 is 2.72 bits per heavy atom. The fraction of sp³-hybridized carbons (Fsp3) is 0.211. The molecule has 1 amide bonds. The van der Waals surface area contributed by atoms with Crippen LogP contribution in [0.4, 0.5) is 5.69 Å². The van der Waals surface area contributed by atoms with Crippen molar-refractivity contribution >= 4 is 11.6 Å². The molecular weight excluding hydrogens is 316 g/mol. The Morgan fingerprint density at radius 1 is 1.16 bits per heavy atom. The van der Waals surface area contributed by atoms with Crippen molar-refractivity contribution in [2.75, 3.05) is 5.32 Å². The maximum absolute atomic E-state index is 12.6. The lowest BCUT2D eigenvalue weighted by Gasteiger charge is -2.12. The minimum Gasteiger partial charge on any atom is -0.480 e. The summed E-state index contributed by atoms with van der Waals surface area (Å²) in [7, 11) is 0. The van der Waals surface area contributed by atoms with Crippen molar-refractivity contribution in [2.45, 2.75) is 26.4 Å². The third kappa shape index (κ3) is 2.98. The lowest BCUT2D eigenvalue weighted by molar-refractivity contribution is -0.122. The van der Waals surface area contributed by atoms with E-state index in [-0.39, 0.29) is 5.91 Å². The highest BCUT2D eigenvalue weighted by molar-refractivity contribution is 5.95. The molecule has 1 N–H and O–H groups in total. The van der Waals surface area contributed by atoms with Crippen LogP contribution in [0.5, 0.6) is 5.75 Å². The van der Waals surface area contributed by atoms with Gasteiger partial charge in [0.05, 0.1) is 5.69 Å². The minimum atomic E-state index is -0.505. The second kappa shape index (κ2) is 6.05. The first-order valence-electron chi connectivity index (χ1n) is 8.13. The lowest BCUT2D eigenvalue weighted by atomic mass is 10.0. The summed E-state index contributed by atoms with van der Waals surface area (Å²) in [4.78, 5) is 12.6. The molecule has 6 heteroatoms. The summed E-state index contributed by atoms with van der Waals surface area (Å²) < 4.78 is 7.62. The highest BCUT2D eigenvalue weighted by atomic mass is 16.5. The second-order valence-corrected chi connectivity index (χ2v) is 6.26. The van der Waals surface area contributed by atoms with Gasteiger partial charge in [-0.05, 0) is 54.8 Å². The first-order valence-corrected chi connectivity index (χ1v) is 8.13. The molecule has 0 spiro atoms. The van der Waals surface area contributed by atoms with E-state index in [1.54, 1.807) is 17.2 Å². The van der Waals surface area contributed by atoms with E-state index in [9.17, 15) is 4.79 Å². The van der Waals surface area contributed by atoms with E-state index in [0.717, 1.165) is 17.0 Å². The molecule has 126 valence electrons. The quantitative estimate of drug-likeness (QED) is 0.800. The van der Waals surface area contributed by atoms with Crippen LogP contribution in [0.25, 0.3) is 5.69 Å². The number of hydrogen-bond donors (Lipinski definition) is 1. The summed E-state index contributed by atoms with van der Waals surface area (Å²) >= 11 is 0. The van der Waals surface area contributed by atoms with Crippen LogP contribution in [-0.2, 0) is 11.2 Å². The summed E-state index contributed by atoms with van der Waals surface area (Å²) in [5.74, 6) is 0.661. The van der Waals surface area contributed by atoms with Gasteiger partial charge in [-0.15, -0.1) is 10.2 Å². The molecule has 25 heavy (non-hydrogen) atoms. The number of anilines is 1. The molecule has 0 aliphatic carbocycles. The molecule has 1 atom stereocenters. The van der Waals surface area contributed by atoms with Crippen molar-refractivity contribution in [2.24, 2.45) is 0 Å². The third-order valence-electron chi connectivity index (χ3n) is 4.47. The van der Waals surface area contributed by atoms with Crippen LogP contribution in [0, 0.1) is 13.8 Å². The topological polar surface area (TPSA) is 69.0 Å². The monoisotopic (exact) mass is 334 g/mol. The van der Waals surface area contributed by atoms with E-state index in [4.69, 9.17) is 4.74 Å². The van der Waals surface area contributed by atoms with E-state index in [1.807, 2.05) is 37.3 Å². The highest BCUT2D eigenvalue weighted by Crippen LogP contribution is 2.32. The fourth-order valence-corrected chi connectivity index (χ4v) is 2.96. The maximum atomic E-state index is 12.6. The molecule has 6 nitrogen and oxygen atoms in total. The second-order valence-electron chi connectivity index (χ2n) is 6.26. The number of fused-ring (bicyclic) bond motifs is 1. The van der Waals surface area contributed by atoms with Crippen molar-refractivity contribution in [3.8, 4) is 11.4 Å². The Kier molecular flexibility index (Phi) is 3.72. The number of carbonyl (C=O) groups is 1. The predicted octanol–water partition coefficient (Wildman–Crippen LogP) is 2.83. The van der Waals surface area contributed by atoms with Gasteiger partial charge < -0.3 is 10.1 Å². The van der Waals surface area contributed by atoms with Crippen molar-refractivity contribution in [3.05, 3.63) is 65.7 Å². The van der Waals surface area contributed by atoms with Gasteiger partial charge in [-0.2, -0.15) is 0 Å². The lowest BCUT2D eigenvalue weighted by Crippen LogP contribution is -2.31. The third-order valence-corrected chi connectivity index (χ3v) is 4.47. The van der Waals surface area contributed by atoms with Gasteiger partial charge in [-0.1, -0.05) is 12.1 Å². The van der Waals surface area contributed by atoms with E-state index < -0.39 is 6.10 Å². The van der Waals surface area contributed by atoms with E-state index in [2.05, 4.69) is 28.5 Å². The molecule has 0 saturated heterocycles. The van der Waals surface area contributed by atoms with Gasteiger partial charge in [-0.3, -0.25) is 9.36 Å². The number of amides is 1. The van der Waals surface area contributed by atoms with Crippen molar-refractivity contribution < 1.29 is 9.53 Å². The fourth-order valence-electron chi connectivity index (χ4n) is 2.96. The first-order chi connectivity index (χ1) is 12.1. The number of nitrogens with zero attached hydrogens (tertiary/aromatic N) is 3. The molecule has 1 aromatic heterocycles. The average molecular weight is 334 g/mol. The molecule has 1 aliphatic rings. The smallest absolute Gasteiger partial charge is 0.265 e. The Morgan fingerprint density at radius 2 is 1.92 bits per heavy atom. The first kappa shape index (κ1) is 15.4. The number of nitrogens with one attached hydrogen (secondary N) is 1. The number of ether oxygens (including phenoxy) is 1. The van der Waals surface area contributed by atoms with E-state index >= 15 is 0 Å². The SMILES string of the molecule is Cc1cc2c(cc1C)OC(C(=O)Nc1cccc(-n3cnnc3)c1)C2. The largest absolute Gasteiger partial charge is 0.480 e. The predicted molar refractivity (Wildman–Crippen MR) is 94.0 cm³/mol. The molecule has 0 fully saturated rings. The zero-order chi connectivity index (χ0) is 17.4. The standard InChI is InChI=1S/C19H18N4O2/c1-12-6-14-8-18(25-17(14)7-13(12)2)19(24)22-15-4-3-5-16(9-15)23-10-20-21-11-23/h3-7,9-11,18H,8H2,1-2H3,(H,22,24). The van der Waals surface area contributed by atoms with E-state index in [1.165, 1.54) is 11.1 Å². The van der Waals surface area contributed by atoms with E-state index in [0.29, 0.717) is 12.1 Å². The Hall–Kier alpha value is -3.15. The van der Waals surface area contributed by atoms with Crippen molar-refractivity contribution in [1.82, 2.24) is 14.8 Å². The number of rotatable bonds is 3. The van der Waals surface area contributed by atoms with Gasteiger partial charge in [0.25, 0.3) is 5.91 Å². The molecule has 0 radical (unpaired) electrons. The number of carbonyl (C=O) groups excluding carboxylic acids is 1. The Labute approximate surface area is 145 Å². The van der Waals surface area contributed by atoms with Gasteiger partial charge in [0.2, 0.25) is 0 Å².